The van der Waals surface area contributed by atoms with Crippen molar-refractivity contribution in [2.75, 3.05) is 0 Å². The van der Waals surface area contributed by atoms with Gasteiger partial charge in [-0.3, -0.25) is 9.78 Å². The van der Waals surface area contributed by atoms with E-state index in [4.69, 9.17) is 46.4 Å². The largest absolute Gasteiger partial charge is 0.298 e. The molecule has 18 heavy (non-hydrogen) atoms. The lowest BCUT2D eigenvalue weighted by Gasteiger charge is -2.11. The molecule has 92 valence electrons. The van der Waals surface area contributed by atoms with Crippen molar-refractivity contribution in [1.82, 2.24) is 4.98 Å². The Kier molecular flexibility index (Phi) is 4.13. The van der Waals surface area contributed by atoms with E-state index in [0.29, 0.717) is 27.5 Å². The summed E-state index contributed by atoms with van der Waals surface area (Å²) in [5.41, 5.74) is 1.18. The number of pyridine rings is 1. The van der Waals surface area contributed by atoms with Crippen molar-refractivity contribution in [2.45, 2.75) is 0 Å². The molecule has 0 N–H and O–H groups in total. The van der Waals surface area contributed by atoms with Crippen LogP contribution in [0.25, 0.3) is 11.1 Å². The number of nitrogens with zero attached hydrogens (tertiary/aromatic N) is 1. The second kappa shape index (κ2) is 5.45. The van der Waals surface area contributed by atoms with E-state index in [1.54, 1.807) is 12.1 Å². The van der Waals surface area contributed by atoms with Gasteiger partial charge in [-0.05, 0) is 12.1 Å². The van der Waals surface area contributed by atoms with Crippen LogP contribution in [-0.2, 0) is 0 Å². The zero-order valence-corrected chi connectivity index (χ0v) is 11.8. The second-order valence-electron chi connectivity index (χ2n) is 3.42. The molecule has 1 aromatic carbocycles. The third kappa shape index (κ3) is 2.34. The first kappa shape index (κ1) is 13.6. The first-order chi connectivity index (χ1) is 8.56. The number of benzene rings is 1. The molecule has 0 bridgehead atoms. The van der Waals surface area contributed by atoms with E-state index < -0.39 is 0 Å². The molecular formula is C12H5Cl4NO. The normalized spacial score (nSPS) is 10.4. The van der Waals surface area contributed by atoms with Crippen molar-refractivity contribution in [1.29, 1.82) is 0 Å². The van der Waals surface area contributed by atoms with Crippen LogP contribution >= 0.6 is 46.4 Å². The maximum Gasteiger partial charge on any atom is 0.152 e. The fraction of sp³-hybridized carbons (Fsp3) is 0. The Labute approximate surface area is 123 Å². The monoisotopic (exact) mass is 319 g/mol. The Bertz CT molecular complexity index is 628. The zero-order valence-electron chi connectivity index (χ0n) is 8.75. The van der Waals surface area contributed by atoms with Crippen LogP contribution in [0.3, 0.4) is 0 Å². The maximum absolute atomic E-state index is 11.1. The average molecular weight is 321 g/mol. The number of aldehydes is 1. The topological polar surface area (TPSA) is 30.0 Å². The van der Waals surface area contributed by atoms with Crippen molar-refractivity contribution in [3.63, 3.8) is 0 Å². The SMILES string of the molecule is O=Cc1c(Cl)cncc1-c1c(Cl)ccc(Cl)c1Cl. The summed E-state index contributed by atoms with van der Waals surface area (Å²) < 4.78 is 0. The molecule has 0 aliphatic rings. The number of halogens is 4. The molecule has 0 aliphatic heterocycles. The number of hydrogen-bond donors (Lipinski definition) is 0. The molecule has 1 aromatic heterocycles. The number of aromatic nitrogens is 1. The van der Waals surface area contributed by atoms with Gasteiger partial charge in [0, 0.05) is 29.1 Å². The lowest BCUT2D eigenvalue weighted by molar-refractivity contribution is 0.112. The number of rotatable bonds is 2. The van der Waals surface area contributed by atoms with Gasteiger partial charge in [0.1, 0.15) is 0 Å². The lowest BCUT2D eigenvalue weighted by Crippen LogP contribution is -1.93. The molecule has 2 aromatic rings. The highest BCUT2D eigenvalue weighted by Gasteiger charge is 2.17. The Morgan fingerprint density at radius 3 is 2.28 bits per heavy atom. The molecule has 0 unspecified atom stereocenters. The van der Waals surface area contributed by atoms with Gasteiger partial charge in [-0.1, -0.05) is 46.4 Å². The Balaban J connectivity index is 2.81. The molecule has 0 saturated heterocycles. The molecule has 0 atom stereocenters. The number of carbonyl (C=O) groups is 1. The van der Waals surface area contributed by atoms with Gasteiger partial charge in [0.15, 0.2) is 6.29 Å². The van der Waals surface area contributed by atoms with Crippen molar-refractivity contribution in [3.8, 4) is 11.1 Å². The highest BCUT2D eigenvalue weighted by Crippen LogP contribution is 2.40. The van der Waals surface area contributed by atoms with Crippen molar-refractivity contribution in [3.05, 3.63) is 50.2 Å². The molecular weight excluding hydrogens is 316 g/mol. The van der Waals surface area contributed by atoms with Crippen LogP contribution in [0.4, 0.5) is 0 Å². The van der Waals surface area contributed by atoms with Crippen LogP contribution in [0.5, 0.6) is 0 Å². The maximum atomic E-state index is 11.1. The van der Waals surface area contributed by atoms with Crippen molar-refractivity contribution >= 4 is 52.7 Å². The van der Waals surface area contributed by atoms with Gasteiger partial charge in [-0.25, -0.2) is 0 Å². The molecule has 0 radical (unpaired) electrons. The van der Waals surface area contributed by atoms with E-state index in [9.17, 15) is 4.79 Å². The van der Waals surface area contributed by atoms with Crippen LogP contribution in [0.1, 0.15) is 10.4 Å². The van der Waals surface area contributed by atoms with E-state index in [0.717, 1.165) is 0 Å². The lowest BCUT2D eigenvalue weighted by atomic mass is 10.0. The fourth-order valence-corrected chi connectivity index (χ4v) is 2.47. The molecule has 2 rings (SSSR count). The fourth-order valence-electron chi connectivity index (χ4n) is 1.54. The first-order valence-electron chi connectivity index (χ1n) is 4.78. The molecule has 1 heterocycles. The van der Waals surface area contributed by atoms with Crippen LogP contribution < -0.4 is 0 Å². The summed E-state index contributed by atoms with van der Waals surface area (Å²) in [7, 11) is 0. The van der Waals surface area contributed by atoms with Crippen LogP contribution in [0.15, 0.2) is 24.5 Å². The Hall–Kier alpha value is -0.800. The minimum atomic E-state index is 0.231. The smallest absolute Gasteiger partial charge is 0.152 e. The third-order valence-corrected chi connectivity index (χ3v) is 3.79. The van der Waals surface area contributed by atoms with Gasteiger partial charge >= 0.3 is 0 Å². The summed E-state index contributed by atoms with van der Waals surface area (Å²) >= 11 is 24.0. The summed E-state index contributed by atoms with van der Waals surface area (Å²) in [5, 5.41) is 1.20. The van der Waals surface area contributed by atoms with Crippen molar-refractivity contribution < 1.29 is 4.79 Å². The predicted molar refractivity (Wildman–Crippen MR) is 75.1 cm³/mol. The minimum absolute atomic E-state index is 0.231. The molecule has 6 heteroatoms. The van der Waals surface area contributed by atoms with Gasteiger partial charge in [0.25, 0.3) is 0 Å². The van der Waals surface area contributed by atoms with Crippen LogP contribution in [0, 0.1) is 0 Å². The van der Waals surface area contributed by atoms with Gasteiger partial charge in [0.05, 0.1) is 20.1 Å². The zero-order chi connectivity index (χ0) is 13.3. The molecule has 0 spiro atoms. The molecule has 0 amide bonds. The average Bonchev–Trinajstić information content (AvgIpc) is 2.35. The highest BCUT2D eigenvalue weighted by atomic mass is 35.5. The van der Waals surface area contributed by atoms with E-state index in [2.05, 4.69) is 4.98 Å². The minimum Gasteiger partial charge on any atom is -0.298 e. The van der Waals surface area contributed by atoms with Crippen molar-refractivity contribution in [2.24, 2.45) is 0 Å². The summed E-state index contributed by atoms with van der Waals surface area (Å²) in [6, 6.07) is 3.18. The number of carbonyl (C=O) groups excluding carboxylic acids is 1. The Morgan fingerprint density at radius 1 is 0.944 bits per heavy atom. The Morgan fingerprint density at radius 2 is 1.61 bits per heavy atom. The van der Waals surface area contributed by atoms with Gasteiger partial charge < -0.3 is 0 Å². The quantitative estimate of drug-likeness (QED) is 0.564. The second-order valence-corrected chi connectivity index (χ2v) is 5.02. The van der Waals surface area contributed by atoms with Gasteiger partial charge in [-0.2, -0.15) is 0 Å². The third-order valence-electron chi connectivity index (χ3n) is 2.37. The first-order valence-corrected chi connectivity index (χ1v) is 6.30. The van der Waals surface area contributed by atoms with Crippen LogP contribution in [0.2, 0.25) is 20.1 Å². The number of hydrogen-bond acceptors (Lipinski definition) is 2. The summed E-state index contributed by atoms with van der Waals surface area (Å²) in [6.45, 7) is 0. The summed E-state index contributed by atoms with van der Waals surface area (Å²) in [4.78, 5) is 15.0. The summed E-state index contributed by atoms with van der Waals surface area (Å²) in [6.07, 6.45) is 3.48. The van der Waals surface area contributed by atoms with E-state index >= 15 is 0 Å². The molecule has 0 saturated carbocycles. The highest BCUT2D eigenvalue weighted by molar-refractivity contribution is 6.46. The molecule has 0 fully saturated rings. The van der Waals surface area contributed by atoms with Gasteiger partial charge in [0.2, 0.25) is 0 Å². The molecule has 0 aliphatic carbocycles. The van der Waals surface area contributed by atoms with Crippen LogP contribution in [-0.4, -0.2) is 11.3 Å². The summed E-state index contributed by atoms with van der Waals surface area (Å²) in [5.74, 6) is 0. The standard InChI is InChI=1S/C12H5Cl4NO/c13-8-1-2-9(14)12(16)11(8)6-3-17-4-10(15)7(6)5-18/h1-5H. The van der Waals surface area contributed by atoms with E-state index in [-0.39, 0.29) is 15.6 Å². The van der Waals surface area contributed by atoms with Gasteiger partial charge in [-0.15, -0.1) is 0 Å². The van der Waals surface area contributed by atoms with E-state index in [1.807, 2.05) is 0 Å². The van der Waals surface area contributed by atoms with E-state index in [1.165, 1.54) is 12.4 Å². The predicted octanol–water partition coefficient (Wildman–Crippen LogP) is 5.17. The molecule has 2 nitrogen and oxygen atoms in total.